The van der Waals surface area contributed by atoms with Crippen molar-refractivity contribution in [3.63, 3.8) is 0 Å². The van der Waals surface area contributed by atoms with E-state index in [1.165, 1.54) is 17.0 Å². The van der Waals surface area contributed by atoms with Crippen LogP contribution in [0, 0.1) is 0 Å². The maximum absolute atomic E-state index is 7.64. The van der Waals surface area contributed by atoms with Crippen molar-refractivity contribution in [3.05, 3.63) is 89.8 Å². The van der Waals surface area contributed by atoms with E-state index in [9.17, 15) is 0 Å². The van der Waals surface area contributed by atoms with Crippen molar-refractivity contribution in [1.82, 2.24) is 0 Å². The van der Waals surface area contributed by atoms with Gasteiger partial charge in [-0.1, -0.05) is 0 Å². The van der Waals surface area contributed by atoms with Gasteiger partial charge in [-0.3, -0.25) is 0 Å². The predicted octanol–water partition coefficient (Wildman–Crippen LogP) is 10.7. The summed E-state index contributed by atoms with van der Waals surface area (Å²) in [6, 6.07) is 16.3. The van der Waals surface area contributed by atoms with E-state index in [0.29, 0.717) is 0 Å². The Balaban J connectivity index is 2.08. The van der Waals surface area contributed by atoms with Crippen molar-refractivity contribution in [2.45, 2.75) is 105 Å². The molecule has 4 rings (SSSR count). The van der Waals surface area contributed by atoms with Gasteiger partial charge in [0.25, 0.3) is 0 Å². The molecule has 0 aromatic heterocycles. The van der Waals surface area contributed by atoms with Crippen molar-refractivity contribution >= 4 is 16.1 Å². The van der Waals surface area contributed by atoms with Crippen molar-refractivity contribution in [2.24, 2.45) is 0 Å². The number of para-hydroxylation sites is 4. The second-order valence-electron chi connectivity index (χ2n) is 15.6. The molecule has 4 nitrogen and oxygen atoms in total. The van der Waals surface area contributed by atoms with Crippen molar-refractivity contribution in [1.29, 1.82) is 0 Å². The van der Waals surface area contributed by atoms with Crippen molar-refractivity contribution < 1.29 is 36.2 Å². The fourth-order valence-electron chi connectivity index (χ4n) is 5.70. The molecule has 0 amide bonds. The Morgan fingerprint density at radius 2 is 0.860 bits per heavy atom. The molecule has 43 heavy (non-hydrogen) atoms. The van der Waals surface area contributed by atoms with Crippen LogP contribution < -0.4 is 15.1 Å². The van der Waals surface area contributed by atoms with Crippen LogP contribution >= 0.6 is 0 Å². The van der Waals surface area contributed by atoms with E-state index in [2.05, 4.69) is 117 Å². The Bertz CT molecular complexity index is 1350. The summed E-state index contributed by atoms with van der Waals surface area (Å²) in [5.41, 5.74) is -0.748. The SMILES string of the molecule is CC(C)(C)Oc1ccccc1[O][Zr]([O]c1ccccc1OC(C)(C)C)([C]1=C([Si](C)(C)C)C=CC1)[C]1=C([Si](C)(C)C)C=CC1. The number of allylic oxidation sites excluding steroid dienone is 8. The molecule has 0 saturated heterocycles. The Labute approximate surface area is 268 Å². The molecule has 0 bridgehead atoms. The van der Waals surface area contributed by atoms with Crippen molar-refractivity contribution in [2.75, 3.05) is 0 Å². The molecule has 0 atom stereocenters. The summed E-state index contributed by atoms with van der Waals surface area (Å²) < 4.78 is 31.1. The maximum atomic E-state index is 7.64. The fourth-order valence-corrected chi connectivity index (χ4v) is 25.0. The average molecular weight is 696 g/mol. The molecule has 0 radical (unpaired) electrons. The van der Waals surface area contributed by atoms with E-state index >= 15 is 0 Å². The zero-order valence-corrected chi connectivity index (χ0v) is 32.9. The van der Waals surface area contributed by atoms with Gasteiger partial charge in [0.1, 0.15) is 0 Å². The normalized spacial score (nSPS) is 16.3. The molecule has 2 aliphatic rings. The van der Waals surface area contributed by atoms with Crippen LogP contribution in [0.1, 0.15) is 54.4 Å². The summed E-state index contributed by atoms with van der Waals surface area (Å²) in [5, 5.41) is 2.92. The van der Waals surface area contributed by atoms with Gasteiger partial charge in [0, 0.05) is 0 Å². The molecule has 0 unspecified atom stereocenters. The van der Waals surface area contributed by atoms with Gasteiger partial charge in [-0.2, -0.15) is 0 Å². The van der Waals surface area contributed by atoms with E-state index < -0.39 is 37.3 Å². The zero-order chi connectivity index (χ0) is 31.8. The average Bonchev–Trinajstić information content (AvgIpc) is 3.55. The second kappa shape index (κ2) is 12.4. The van der Waals surface area contributed by atoms with Gasteiger partial charge in [0.2, 0.25) is 0 Å². The van der Waals surface area contributed by atoms with Gasteiger partial charge >= 0.3 is 270 Å². The Kier molecular flexibility index (Phi) is 9.72. The summed E-state index contributed by atoms with van der Waals surface area (Å²) in [7, 11) is -3.53. The van der Waals surface area contributed by atoms with Gasteiger partial charge in [-0.25, -0.2) is 0 Å². The van der Waals surface area contributed by atoms with Crippen LogP contribution in [0.3, 0.4) is 0 Å². The number of benzene rings is 2. The molecule has 0 saturated carbocycles. The topological polar surface area (TPSA) is 36.9 Å². The minimum absolute atomic E-state index is 0.374. The molecule has 2 aromatic rings. The monoisotopic (exact) mass is 694 g/mol. The van der Waals surface area contributed by atoms with E-state index in [1.54, 1.807) is 0 Å². The summed E-state index contributed by atoms with van der Waals surface area (Å²) in [6.07, 6.45) is 11.1. The summed E-state index contributed by atoms with van der Waals surface area (Å²) in [6.45, 7) is 27.1. The van der Waals surface area contributed by atoms with Crippen LogP contribution in [-0.2, 0) is 21.1 Å². The number of ether oxygens (including phenoxy) is 2. The van der Waals surface area contributed by atoms with Gasteiger partial charge in [0.05, 0.1) is 0 Å². The Morgan fingerprint density at radius 1 is 0.535 bits per heavy atom. The predicted molar refractivity (Wildman–Crippen MR) is 183 cm³/mol. The minimum atomic E-state index is -4.57. The first-order valence-corrected chi connectivity index (χ1v) is 27.0. The molecule has 2 aliphatic carbocycles. The fraction of sp³-hybridized carbons (Fsp3) is 0.444. The molecule has 0 heterocycles. The molecule has 232 valence electrons. The third kappa shape index (κ3) is 8.15. The van der Waals surface area contributed by atoms with Crippen LogP contribution in [-0.4, -0.2) is 27.3 Å². The molecule has 0 spiro atoms. The van der Waals surface area contributed by atoms with E-state index in [4.69, 9.17) is 15.1 Å². The van der Waals surface area contributed by atoms with Gasteiger partial charge in [-0.15, -0.1) is 0 Å². The summed E-state index contributed by atoms with van der Waals surface area (Å²) in [4.78, 5) is 0. The second-order valence-corrected chi connectivity index (χ2v) is 32.7. The van der Waals surface area contributed by atoms with Gasteiger partial charge in [0.15, 0.2) is 0 Å². The van der Waals surface area contributed by atoms with Gasteiger partial charge < -0.3 is 0 Å². The van der Waals surface area contributed by atoms with Gasteiger partial charge in [-0.05, 0) is 0 Å². The first-order chi connectivity index (χ1) is 19.8. The number of rotatable bonds is 10. The van der Waals surface area contributed by atoms with Crippen LogP contribution in [0.4, 0.5) is 0 Å². The summed E-state index contributed by atoms with van der Waals surface area (Å²) in [5.74, 6) is 3.01. The molecular weight excluding hydrogens is 644 g/mol. The molecule has 7 heteroatoms. The molecule has 0 fully saturated rings. The zero-order valence-electron chi connectivity index (χ0n) is 28.5. The number of hydrogen-bond acceptors (Lipinski definition) is 4. The van der Waals surface area contributed by atoms with Crippen LogP contribution in [0.5, 0.6) is 23.0 Å². The first kappa shape index (κ1) is 33.8. The first-order valence-electron chi connectivity index (χ1n) is 15.6. The van der Waals surface area contributed by atoms with Crippen LogP contribution in [0.2, 0.25) is 39.3 Å². The van der Waals surface area contributed by atoms with E-state index in [0.717, 1.165) is 35.8 Å². The Morgan fingerprint density at radius 3 is 1.16 bits per heavy atom. The molecule has 2 aromatic carbocycles. The third-order valence-corrected chi connectivity index (χ3v) is 21.4. The van der Waals surface area contributed by atoms with E-state index in [1.807, 2.05) is 36.4 Å². The molecular formula is C36H52O4Si2Zr. The van der Waals surface area contributed by atoms with E-state index in [-0.39, 0.29) is 11.2 Å². The quantitative estimate of drug-likeness (QED) is 0.232. The molecule has 0 aliphatic heterocycles. The summed E-state index contributed by atoms with van der Waals surface area (Å²) >= 11 is -4.57. The van der Waals surface area contributed by atoms with Crippen LogP contribution in [0.15, 0.2) is 89.8 Å². The molecule has 0 N–H and O–H groups in total. The standard InChI is InChI=1S/2C10H14O2.2C8H13Si.Zr/c2*1-10(2,3)12-9-7-5-4-6-8(9)11;2*1-9(2,3)8-6-4-5-7-8;/h2*4-7,11H,1-3H3;2*4,6H,5H2,1-3H3;/q;;;;+2/p-2. The van der Waals surface area contributed by atoms with Crippen molar-refractivity contribution in [3.8, 4) is 23.0 Å². The van der Waals surface area contributed by atoms with Crippen LogP contribution in [0.25, 0.3) is 0 Å². The third-order valence-electron chi connectivity index (χ3n) is 7.31. The number of hydrogen-bond donors (Lipinski definition) is 0. The Hall–Kier alpha value is -2.08.